The van der Waals surface area contributed by atoms with Crippen LogP contribution < -0.4 is 15.8 Å². The largest absolute Gasteiger partial charge is 0.418 e. The van der Waals surface area contributed by atoms with Gasteiger partial charge in [0, 0.05) is 37.6 Å². The Morgan fingerprint density at radius 2 is 1.82 bits per heavy atom. The van der Waals surface area contributed by atoms with Gasteiger partial charge in [-0.15, -0.1) is 0 Å². The maximum Gasteiger partial charge on any atom is 0.418 e. The fraction of sp³-hybridized carbons (Fsp3) is 0.370. The number of aromatic nitrogens is 1. The lowest BCUT2D eigenvalue weighted by Gasteiger charge is -2.31. The number of ether oxygens (including phenoxy) is 1. The summed E-state index contributed by atoms with van der Waals surface area (Å²) >= 11 is 0. The molecule has 0 saturated carbocycles. The van der Waals surface area contributed by atoms with Gasteiger partial charge in [-0.25, -0.2) is 4.39 Å². The van der Waals surface area contributed by atoms with E-state index < -0.39 is 52.4 Å². The van der Waals surface area contributed by atoms with Gasteiger partial charge in [0.25, 0.3) is 17.4 Å². The Labute approximate surface area is 224 Å². The van der Waals surface area contributed by atoms with Gasteiger partial charge in [0.1, 0.15) is 5.82 Å². The summed E-state index contributed by atoms with van der Waals surface area (Å²) in [5.74, 6) is -3.82. The minimum absolute atomic E-state index is 0.0632. The summed E-state index contributed by atoms with van der Waals surface area (Å²) in [7, 11) is 0. The molecule has 2 aliphatic rings. The molecule has 3 heterocycles. The number of nitrogens with one attached hydrogen (secondary N) is 2. The molecule has 0 spiro atoms. The fourth-order valence-electron chi connectivity index (χ4n) is 5.26. The van der Waals surface area contributed by atoms with Crippen LogP contribution >= 0.6 is 0 Å². The van der Waals surface area contributed by atoms with E-state index in [0.29, 0.717) is 0 Å². The van der Waals surface area contributed by atoms with Crippen molar-refractivity contribution in [3.63, 3.8) is 0 Å². The third-order valence-corrected chi connectivity index (χ3v) is 7.10. The Kier molecular flexibility index (Phi) is 7.25. The predicted molar refractivity (Wildman–Crippen MR) is 135 cm³/mol. The first-order valence-corrected chi connectivity index (χ1v) is 12.6. The SMILES string of the molecule is Cc1cc(C(=O)N2CCOCC2)c(N2CC[C@@H](NC(=O)c3c(F)c(=O)[nH]c4c(F)cccc34)C2)c(C(F)(F)F)c1. The van der Waals surface area contributed by atoms with Crippen molar-refractivity contribution in [1.29, 1.82) is 0 Å². The molecule has 13 heteroatoms. The number of amides is 2. The molecule has 1 aromatic heterocycles. The molecule has 0 unspecified atom stereocenters. The van der Waals surface area contributed by atoms with E-state index in [1.54, 1.807) is 0 Å². The summed E-state index contributed by atoms with van der Waals surface area (Å²) in [5.41, 5.74) is -3.39. The molecule has 2 saturated heterocycles. The average molecular weight is 565 g/mol. The molecule has 0 radical (unpaired) electrons. The monoisotopic (exact) mass is 564 g/mol. The van der Waals surface area contributed by atoms with Crippen LogP contribution in [0.15, 0.2) is 35.1 Å². The number of pyridine rings is 1. The highest BCUT2D eigenvalue weighted by Crippen LogP contribution is 2.41. The predicted octanol–water partition coefficient (Wildman–Crippen LogP) is 3.61. The van der Waals surface area contributed by atoms with E-state index in [-0.39, 0.29) is 73.5 Å². The highest BCUT2D eigenvalue weighted by Gasteiger charge is 2.40. The number of carbonyl (C=O) groups excluding carboxylic acids is 2. The first-order valence-electron chi connectivity index (χ1n) is 12.6. The van der Waals surface area contributed by atoms with Crippen molar-refractivity contribution in [2.45, 2.75) is 25.6 Å². The standard InChI is InChI=1S/C27H25F5N4O4/c1-14-11-17(26(39)35-7-9-40-10-8-35)23(18(12-14)27(30,31)32)36-6-5-15(13-36)33-24(37)20-16-3-2-4-19(28)22(16)34-25(38)21(20)29/h2-4,11-12,15H,5-10,13H2,1H3,(H,33,37)(H,34,38)/t15-/m1/s1. The van der Waals surface area contributed by atoms with Gasteiger partial charge in [0.15, 0.2) is 0 Å². The van der Waals surface area contributed by atoms with Crippen LogP contribution in [0.5, 0.6) is 0 Å². The normalized spacial score (nSPS) is 17.9. The quantitative estimate of drug-likeness (QED) is 0.473. The smallest absolute Gasteiger partial charge is 0.378 e. The van der Waals surface area contributed by atoms with Gasteiger partial charge in [-0.3, -0.25) is 14.4 Å². The maximum absolute atomic E-state index is 14.8. The van der Waals surface area contributed by atoms with E-state index in [9.17, 15) is 36.3 Å². The van der Waals surface area contributed by atoms with Gasteiger partial charge >= 0.3 is 6.18 Å². The van der Waals surface area contributed by atoms with E-state index >= 15 is 0 Å². The number of benzene rings is 2. The van der Waals surface area contributed by atoms with Gasteiger partial charge in [-0.05, 0) is 37.1 Å². The topological polar surface area (TPSA) is 94.7 Å². The molecule has 0 bridgehead atoms. The van der Waals surface area contributed by atoms with Crippen LogP contribution in [0.4, 0.5) is 27.6 Å². The molecule has 3 aromatic rings. The van der Waals surface area contributed by atoms with Crippen molar-refractivity contribution in [1.82, 2.24) is 15.2 Å². The summed E-state index contributed by atoms with van der Waals surface area (Å²) in [6, 6.07) is 5.22. The number of morpholine rings is 1. The number of rotatable bonds is 4. The zero-order valence-electron chi connectivity index (χ0n) is 21.3. The van der Waals surface area contributed by atoms with E-state index in [0.717, 1.165) is 12.1 Å². The molecule has 40 heavy (non-hydrogen) atoms. The second-order valence-electron chi connectivity index (χ2n) is 9.82. The van der Waals surface area contributed by atoms with E-state index in [4.69, 9.17) is 4.74 Å². The third-order valence-electron chi connectivity index (χ3n) is 7.10. The summed E-state index contributed by atoms with van der Waals surface area (Å²) in [4.78, 5) is 43.4. The molecular weight excluding hydrogens is 539 g/mol. The van der Waals surface area contributed by atoms with Gasteiger partial charge in [-0.1, -0.05) is 12.1 Å². The second-order valence-corrected chi connectivity index (χ2v) is 9.82. The number of anilines is 1. The summed E-state index contributed by atoms with van der Waals surface area (Å²) in [6.07, 6.45) is -4.58. The van der Waals surface area contributed by atoms with Crippen LogP contribution in [-0.4, -0.2) is 67.1 Å². The van der Waals surface area contributed by atoms with Crippen molar-refractivity contribution >= 4 is 28.4 Å². The lowest BCUT2D eigenvalue weighted by molar-refractivity contribution is -0.137. The number of fused-ring (bicyclic) bond motifs is 1. The molecule has 0 aliphatic carbocycles. The number of H-pyrrole nitrogens is 1. The molecular formula is C27H25F5N4O4. The Bertz CT molecular complexity index is 1550. The Morgan fingerprint density at radius 1 is 1.10 bits per heavy atom. The maximum atomic E-state index is 14.8. The summed E-state index contributed by atoms with van der Waals surface area (Å²) in [5, 5.41) is 2.42. The Balaban J connectivity index is 1.46. The van der Waals surface area contributed by atoms with Gasteiger partial charge in [-0.2, -0.15) is 17.6 Å². The Hall–Kier alpha value is -4.00. The molecule has 2 fully saturated rings. The molecule has 212 valence electrons. The number of hydrogen-bond acceptors (Lipinski definition) is 5. The average Bonchev–Trinajstić information content (AvgIpc) is 3.37. The third kappa shape index (κ3) is 5.12. The fourth-order valence-corrected chi connectivity index (χ4v) is 5.26. The molecule has 2 aliphatic heterocycles. The molecule has 5 rings (SSSR count). The molecule has 2 aromatic carbocycles. The van der Waals surface area contributed by atoms with E-state index in [1.807, 2.05) is 0 Å². The number of para-hydroxylation sites is 1. The van der Waals surface area contributed by atoms with Crippen LogP contribution in [-0.2, 0) is 10.9 Å². The summed E-state index contributed by atoms with van der Waals surface area (Å²) < 4.78 is 76.9. The number of carbonyl (C=O) groups is 2. The van der Waals surface area contributed by atoms with Crippen LogP contribution in [0, 0.1) is 18.6 Å². The van der Waals surface area contributed by atoms with Crippen LogP contribution in [0.3, 0.4) is 0 Å². The van der Waals surface area contributed by atoms with Crippen molar-refractivity contribution in [3.8, 4) is 0 Å². The number of aryl methyl sites for hydroxylation is 1. The van der Waals surface area contributed by atoms with Crippen molar-refractivity contribution in [3.05, 3.63) is 74.6 Å². The van der Waals surface area contributed by atoms with Crippen LogP contribution in [0.2, 0.25) is 0 Å². The van der Waals surface area contributed by atoms with E-state index in [2.05, 4.69) is 10.3 Å². The molecule has 2 amide bonds. The van der Waals surface area contributed by atoms with Crippen molar-refractivity contribution in [2.75, 3.05) is 44.3 Å². The first kappa shape index (κ1) is 27.6. The zero-order valence-corrected chi connectivity index (χ0v) is 21.3. The number of aromatic amines is 1. The minimum Gasteiger partial charge on any atom is -0.378 e. The molecule has 2 N–H and O–H groups in total. The number of alkyl halides is 3. The Morgan fingerprint density at radius 3 is 2.52 bits per heavy atom. The van der Waals surface area contributed by atoms with Gasteiger partial charge < -0.3 is 24.8 Å². The number of hydrogen-bond donors (Lipinski definition) is 2. The summed E-state index contributed by atoms with van der Waals surface area (Å²) in [6.45, 7) is 2.45. The van der Waals surface area contributed by atoms with Crippen molar-refractivity contribution in [2.24, 2.45) is 0 Å². The number of nitrogens with zero attached hydrogens (tertiary/aromatic N) is 2. The lowest BCUT2D eigenvalue weighted by Crippen LogP contribution is -2.42. The van der Waals surface area contributed by atoms with Gasteiger partial charge in [0.2, 0.25) is 5.82 Å². The number of halogens is 5. The van der Waals surface area contributed by atoms with E-state index in [1.165, 1.54) is 34.9 Å². The highest BCUT2D eigenvalue weighted by atomic mass is 19.4. The van der Waals surface area contributed by atoms with Crippen LogP contribution in [0.1, 0.15) is 38.3 Å². The molecule has 1 atom stereocenters. The van der Waals surface area contributed by atoms with Gasteiger partial charge in [0.05, 0.1) is 41.1 Å². The lowest BCUT2D eigenvalue weighted by atomic mass is 10.00. The van der Waals surface area contributed by atoms with Crippen LogP contribution in [0.25, 0.3) is 10.9 Å². The minimum atomic E-state index is -4.76. The zero-order chi connectivity index (χ0) is 28.8. The molecule has 8 nitrogen and oxygen atoms in total. The van der Waals surface area contributed by atoms with Crippen molar-refractivity contribution < 1.29 is 36.3 Å². The second kappa shape index (κ2) is 10.5. The first-order chi connectivity index (χ1) is 19.0. The highest BCUT2D eigenvalue weighted by molar-refractivity contribution is 6.06.